The lowest BCUT2D eigenvalue weighted by molar-refractivity contribution is -0.136. The highest BCUT2D eigenvalue weighted by Crippen LogP contribution is 2.42. The van der Waals surface area contributed by atoms with Crippen molar-refractivity contribution in [3.8, 4) is 5.75 Å². The number of benzene rings is 1. The van der Waals surface area contributed by atoms with Gasteiger partial charge in [-0.05, 0) is 12.5 Å². The number of halogens is 6. The molecule has 0 aliphatic carbocycles. The van der Waals surface area contributed by atoms with Gasteiger partial charge in [-0.2, -0.15) is 26.3 Å². The lowest BCUT2D eigenvalue weighted by Crippen LogP contribution is -2.47. The molecule has 1 aromatic heterocycles. The number of hydrogen-bond donors (Lipinski definition) is 1. The van der Waals surface area contributed by atoms with E-state index in [0.29, 0.717) is 12.5 Å². The minimum atomic E-state index is -4.82. The summed E-state index contributed by atoms with van der Waals surface area (Å²) in [6.07, 6.45) is -9.03. The van der Waals surface area contributed by atoms with Gasteiger partial charge in [0.15, 0.2) is 0 Å². The van der Waals surface area contributed by atoms with E-state index in [9.17, 15) is 31.1 Å². The maximum absolute atomic E-state index is 13.3. The molecule has 26 heavy (non-hydrogen) atoms. The van der Waals surface area contributed by atoms with Gasteiger partial charge in [-0.15, -0.1) is 0 Å². The Morgan fingerprint density at radius 3 is 2.46 bits per heavy atom. The fraction of sp³-hybridized carbons (Fsp3) is 0.438. The van der Waals surface area contributed by atoms with Crippen LogP contribution in [-0.4, -0.2) is 30.4 Å². The Labute approximate surface area is 143 Å². The van der Waals surface area contributed by atoms with Crippen molar-refractivity contribution < 1.29 is 31.1 Å². The van der Waals surface area contributed by atoms with Crippen molar-refractivity contribution in [3.05, 3.63) is 34.1 Å². The van der Waals surface area contributed by atoms with Crippen LogP contribution >= 0.6 is 0 Å². The van der Waals surface area contributed by atoms with E-state index in [2.05, 4.69) is 4.98 Å². The Balaban J connectivity index is 2.24. The number of nitrogens with zero attached hydrogens (tertiary/aromatic N) is 1. The molecule has 0 radical (unpaired) electrons. The summed E-state index contributed by atoms with van der Waals surface area (Å²) in [6.45, 7) is 0.328. The van der Waals surface area contributed by atoms with Gasteiger partial charge in [0.25, 0.3) is 0 Å². The fourth-order valence-corrected chi connectivity index (χ4v) is 3.07. The number of hydrogen-bond acceptors (Lipinski definition) is 3. The molecule has 1 atom stereocenters. The van der Waals surface area contributed by atoms with E-state index in [4.69, 9.17) is 4.74 Å². The van der Waals surface area contributed by atoms with E-state index in [0.717, 1.165) is 17.0 Å². The maximum Gasteiger partial charge on any atom is 0.417 e. The molecule has 2 aromatic rings. The number of alkyl halides is 6. The van der Waals surface area contributed by atoms with Crippen LogP contribution < -0.4 is 15.2 Å². The van der Waals surface area contributed by atoms with Crippen LogP contribution in [0, 0.1) is 0 Å². The number of aromatic nitrogens is 1. The molecule has 0 saturated heterocycles. The van der Waals surface area contributed by atoms with Crippen LogP contribution in [0.25, 0.3) is 10.9 Å². The summed E-state index contributed by atoms with van der Waals surface area (Å²) < 4.78 is 84.1. The summed E-state index contributed by atoms with van der Waals surface area (Å²) in [5.41, 5.74) is -2.39. The molecule has 0 spiro atoms. The zero-order valence-electron chi connectivity index (χ0n) is 13.5. The summed E-state index contributed by atoms with van der Waals surface area (Å²) >= 11 is 0. The van der Waals surface area contributed by atoms with Crippen molar-refractivity contribution in [2.24, 2.45) is 0 Å². The van der Waals surface area contributed by atoms with Crippen molar-refractivity contribution in [1.82, 2.24) is 4.98 Å². The van der Waals surface area contributed by atoms with E-state index in [1.165, 1.54) is 0 Å². The van der Waals surface area contributed by atoms with Gasteiger partial charge < -0.3 is 14.6 Å². The third-order valence-electron chi connectivity index (χ3n) is 4.23. The standard InChI is InChI=1S/C16H14F6N2O2/c1-2-8-6-26-13-5-11-9(3-12(13)24(8)7-15(17,18)19)10(16(20,21)22)4-14(25)23-11/h3-5,8H,2,6-7H2,1H3,(H,23,25)/t8-/m0/s1. The molecule has 2 heterocycles. The third-order valence-corrected chi connectivity index (χ3v) is 4.23. The Kier molecular flexibility index (Phi) is 4.32. The average Bonchev–Trinajstić information content (AvgIpc) is 2.50. The number of fused-ring (bicyclic) bond motifs is 2. The van der Waals surface area contributed by atoms with Crippen molar-refractivity contribution >= 4 is 16.6 Å². The maximum atomic E-state index is 13.3. The van der Waals surface area contributed by atoms with Crippen LogP contribution in [-0.2, 0) is 6.18 Å². The summed E-state index contributed by atoms with van der Waals surface area (Å²) in [5.74, 6) is 0.00132. The zero-order valence-corrected chi connectivity index (χ0v) is 13.5. The Bertz CT molecular complexity index is 887. The van der Waals surface area contributed by atoms with E-state index in [1.807, 2.05) is 0 Å². The number of H-pyrrole nitrogens is 1. The lowest BCUT2D eigenvalue weighted by atomic mass is 10.0. The quantitative estimate of drug-likeness (QED) is 0.799. The molecule has 3 rings (SSSR count). The first-order chi connectivity index (χ1) is 12.0. The predicted octanol–water partition coefficient (Wildman–Crippen LogP) is 4.09. The Hall–Kier alpha value is -2.39. The second kappa shape index (κ2) is 6.10. The summed E-state index contributed by atoms with van der Waals surface area (Å²) in [5, 5.41) is -0.386. The minimum Gasteiger partial charge on any atom is -0.489 e. The van der Waals surface area contributed by atoms with Crippen LogP contribution in [0.1, 0.15) is 18.9 Å². The van der Waals surface area contributed by atoms with Crippen LogP contribution in [0.3, 0.4) is 0 Å². The van der Waals surface area contributed by atoms with Crippen molar-refractivity contribution in [2.45, 2.75) is 31.7 Å². The summed E-state index contributed by atoms with van der Waals surface area (Å²) in [4.78, 5) is 14.8. The van der Waals surface area contributed by atoms with Gasteiger partial charge in [0, 0.05) is 17.5 Å². The van der Waals surface area contributed by atoms with Crippen molar-refractivity contribution in [2.75, 3.05) is 18.1 Å². The molecule has 142 valence electrons. The molecule has 0 unspecified atom stereocenters. The zero-order chi connectivity index (χ0) is 19.3. The molecule has 0 amide bonds. The molecule has 1 aliphatic heterocycles. The highest BCUT2D eigenvalue weighted by Gasteiger charge is 2.38. The molecule has 1 aliphatic rings. The second-order valence-electron chi connectivity index (χ2n) is 6.03. The molecule has 0 bridgehead atoms. The summed E-state index contributed by atoms with van der Waals surface area (Å²) in [7, 11) is 0. The summed E-state index contributed by atoms with van der Waals surface area (Å²) in [6, 6.07) is 1.90. The number of pyridine rings is 1. The van der Waals surface area contributed by atoms with Gasteiger partial charge in [0.05, 0.1) is 22.8 Å². The largest absolute Gasteiger partial charge is 0.489 e. The van der Waals surface area contributed by atoms with Crippen LogP contribution in [0.4, 0.5) is 32.0 Å². The Morgan fingerprint density at radius 1 is 1.19 bits per heavy atom. The highest BCUT2D eigenvalue weighted by molar-refractivity contribution is 5.89. The molecule has 4 nitrogen and oxygen atoms in total. The number of nitrogens with one attached hydrogen (secondary N) is 1. The molecule has 1 aromatic carbocycles. The average molecular weight is 380 g/mol. The SMILES string of the molecule is CC[C@H]1COc2cc3[nH]c(=O)cc(C(F)(F)F)c3cc2N1CC(F)(F)F. The van der Waals surface area contributed by atoms with Crippen LogP contribution in [0.2, 0.25) is 0 Å². The van der Waals surface area contributed by atoms with Crippen LogP contribution in [0.15, 0.2) is 23.0 Å². The third kappa shape index (κ3) is 3.45. The Morgan fingerprint density at radius 2 is 1.88 bits per heavy atom. The van der Waals surface area contributed by atoms with E-state index < -0.39 is 36.1 Å². The predicted molar refractivity (Wildman–Crippen MR) is 82.5 cm³/mol. The van der Waals surface area contributed by atoms with Gasteiger partial charge in [0.1, 0.15) is 18.9 Å². The van der Waals surface area contributed by atoms with Gasteiger partial charge >= 0.3 is 12.4 Å². The normalized spacial score (nSPS) is 18.0. The molecule has 10 heteroatoms. The first-order valence-corrected chi connectivity index (χ1v) is 7.74. The number of ether oxygens (including phenoxy) is 1. The molecular formula is C16H14F6N2O2. The first kappa shape index (κ1) is 18.4. The van der Waals surface area contributed by atoms with E-state index in [-0.39, 0.29) is 28.9 Å². The second-order valence-corrected chi connectivity index (χ2v) is 6.03. The molecule has 0 saturated carbocycles. The van der Waals surface area contributed by atoms with Gasteiger partial charge in [-0.3, -0.25) is 4.79 Å². The van der Waals surface area contributed by atoms with Crippen molar-refractivity contribution in [3.63, 3.8) is 0 Å². The van der Waals surface area contributed by atoms with Gasteiger partial charge in [-0.1, -0.05) is 6.92 Å². The fourth-order valence-electron chi connectivity index (χ4n) is 3.07. The topological polar surface area (TPSA) is 45.3 Å². The first-order valence-electron chi connectivity index (χ1n) is 7.74. The molecule has 0 fully saturated rings. The molecular weight excluding hydrogens is 366 g/mol. The monoisotopic (exact) mass is 380 g/mol. The highest BCUT2D eigenvalue weighted by atomic mass is 19.4. The van der Waals surface area contributed by atoms with Gasteiger partial charge in [-0.25, -0.2) is 0 Å². The van der Waals surface area contributed by atoms with Crippen molar-refractivity contribution in [1.29, 1.82) is 0 Å². The molecule has 1 N–H and O–H groups in total. The van der Waals surface area contributed by atoms with E-state index >= 15 is 0 Å². The van der Waals surface area contributed by atoms with Crippen LogP contribution in [0.5, 0.6) is 5.75 Å². The number of anilines is 1. The smallest absolute Gasteiger partial charge is 0.417 e. The number of aromatic amines is 1. The number of rotatable bonds is 2. The van der Waals surface area contributed by atoms with E-state index in [1.54, 1.807) is 6.92 Å². The minimum absolute atomic E-state index is 0.00132. The van der Waals surface area contributed by atoms with Gasteiger partial charge in [0.2, 0.25) is 5.56 Å². The lowest BCUT2D eigenvalue weighted by Gasteiger charge is -2.38.